The van der Waals surface area contributed by atoms with E-state index in [9.17, 15) is 8.42 Å². The maximum Gasteiger partial charge on any atom is 0.242 e. The average Bonchev–Trinajstić information content (AvgIpc) is 2.98. The van der Waals surface area contributed by atoms with E-state index in [2.05, 4.69) is 25.2 Å². The molecule has 0 radical (unpaired) electrons. The minimum Gasteiger partial charge on any atom is -0.384 e. The van der Waals surface area contributed by atoms with Gasteiger partial charge in [0.2, 0.25) is 10.0 Å². The fraction of sp³-hybridized carbons (Fsp3) is 0.385. The Hall–Kier alpha value is -1.93. The molecule has 0 saturated carbocycles. The molecule has 2 rings (SSSR count). The van der Waals surface area contributed by atoms with Crippen LogP contribution in [0.1, 0.15) is 19.2 Å². The third-order valence-corrected chi connectivity index (χ3v) is 4.38. The molecule has 1 aromatic carbocycles. The van der Waals surface area contributed by atoms with Gasteiger partial charge in [0.05, 0.1) is 5.69 Å². The van der Waals surface area contributed by atoms with E-state index in [0.717, 1.165) is 13.0 Å². The predicted octanol–water partition coefficient (Wildman–Crippen LogP) is 1.15. The minimum absolute atomic E-state index is 0.260. The molecule has 7 nitrogen and oxygen atoms in total. The van der Waals surface area contributed by atoms with Gasteiger partial charge in [-0.3, -0.25) is 5.10 Å². The number of benzene rings is 1. The highest BCUT2D eigenvalue weighted by Gasteiger charge is 2.17. The zero-order chi connectivity index (χ0) is 15.1. The number of para-hydroxylation sites is 1. The second kappa shape index (κ2) is 7.19. The Morgan fingerprint density at radius 3 is 2.76 bits per heavy atom. The van der Waals surface area contributed by atoms with Crippen molar-refractivity contribution in [3.63, 3.8) is 0 Å². The molecular formula is C13H19N5O2S. The third-order valence-electron chi connectivity index (χ3n) is 2.86. The first-order valence-electron chi connectivity index (χ1n) is 6.80. The number of H-pyrrole nitrogens is 1. The van der Waals surface area contributed by atoms with Crippen LogP contribution in [0.15, 0.2) is 35.5 Å². The van der Waals surface area contributed by atoms with Crippen molar-refractivity contribution in [2.45, 2.75) is 24.7 Å². The minimum atomic E-state index is -3.55. The van der Waals surface area contributed by atoms with Gasteiger partial charge >= 0.3 is 0 Å². The smallest absolute Gasteiger partial charge is 0.242 e. The lowest BCUT2D eigenvalue weighted by molar-refractivity contribution is 0.581. The molecule has 0 bridgehead atoms. The van der Waals surface area contributed by atoms with Crippen molar-refractivity contribution >= 4 is 15.7 Å². The number of hydrogen-bond acceptors (Lipinski definition) is 5. The summed E-state index contributed by atoms with van der Waals surface area (Å²) < 4.78 is 27.3. The van der Waals surface area contributed by atoms with Crippen molar-refractivity contribution in [1.29, 1.82) is 0 Å². The van der Waals surface area contributed by atoms with Crippen molar-refractivity contribution in [3.05, 3.63) is 36.4 Å². The Bertz CT molecular complexity index is 655. The van der Waals surface area contributed by atoms with E-state index in [-0.39, 0.29) is 11.4 Å². The van der Waals surface area contributed by atoms with Gasteiger partial charge in [0.15, 0.2) is 0 Å². The van der Waals surface area contributed by atoms with E-state index in [1.165, 1.54) is 6.33 Å². The molecule has 0 spiro atoms. The van der Waals surface area contributed by atoms with Gasteiger partial charge in [-0.05, 0) is 18.6 Å². The standard InChI is InChI=1S/C13H19N5O2S/c1-2-8-14-11-5-3-4-6-12(11)21(19,20)17-9-7-13-15-10-16-18-13/h3-6,10,14,17H,2,7-9H2,1H3,(H,15,16,18). The highest BCUT2D eigenvalue weighted by molar-refractivity contribution is 7.89. The predicted molar refractivity (Wildman–Crippen MR) is 80.5 cm³/mol. The summed E-state index contributed by atoms with van der Waals surface area (Å²) in [5.41, 5.74) is 0.617. The highest BCUT2D eigenvalue weighted by atomic mass is 32.2. The van der Waals surface area contributed by atoms with Crippen LogP contribution in [-0.2, 0) is 16.4 Å². The number of hydrogen-bond donors (Lipinski definition) is 3. The van der Waals surface area contributed by atoms with E-state index in [0.29, 0.717) is 17.9 Å². The summed E-state index contributed by atoms with van der Waals surface area (Å²) in [6, 6.07) is 6.88. The molecule has 0 saturated heterocycles. The van der Waals surface area contributed by atoms with E-state index < -0.39 is 10.0 Å². The van der Waals surface area contributed by atoms with Gasteiger partial charge in [-0.25, -0.2) is 18.1 Å². The summed E-state index contributed by atoms with van der Waals surface area (Å²) in [7, 11) is -3.55. The molecular weight excluding hydrogens is 290 g/mol. The summed E-state index contributed by atoms with van der Waals surface area (Å²) in [4.78, 5) is 4.21. The molecule has 0 atom stereocenters. The van der Waals surface area contributed by atoms with Crippen LogP contribution < -0.4 is 10.0 Å². The van der Waals surface area contributed by atoms with E-state index >= 15 is 0 Å². The maximum atomic E-state index is 12.3. The maximum absolute atomic E-state index is 12.3. The molecule has 0 amide bonds. The molecule has 21 heavy (non-hydrogen) atoms. The lowest BCUT2D eigenvalue weighted by Crippen LogP contribution is -2.27. The normalized spacial score (nSPS) is 11.5. The number of rotatable bonds is 8. The van der Waals surface area contributed by atoms with Gasteiger partial charge in [-0.15, -0.1) is 0 Å². The first-order chi connectivity index (χ1) is 10.1. The molecule has 1 aromatic heterocycles. The molecule has 114 valence electrons. The summed E-state index contributed by atoms with van der Waals surface area (Å²) in [6.07, 6.45) is 2.78. The number of aromatic amines is 1. The highest BCUT2D eigenvalue weighted by Crippen LogP contribution is 2.20. The molecule has 1 heterocycles. The quantitative estimate of drug-likeness (QED) is 0.679. The Morgan fingerprint density at radius 1 is 1.24 bits per heavy atom. The third kappa shape index (κ3) is 4.27. The molecule has 0 fully saturated rings. The van der Waals surface area contributed by atoms with Gasteiger partial charge in [-0.1, -0.05) is 19.1 Å². The second-order valence-corrected chi connectivity index (χ2v) is 6.24. The van der Waals surface area contributed by atoms with Crippen LogP contribution in [0.25, 0.3) is 0 Å². The Morgan fingerprint density at radius 2 is 2.05 bits per heavy atom. The lowest BCUT2D eigenvalue weighted by atomic mass is 10.3. The zero-order valence-corrected chi connectivity index (χ0v) is 12.7. The molecule has 0 aliphatic carbocycles. The average molecular weight is 309 g/mol. The molecule has 0 aliphatic rings. The monoisotopic (exact) mass is 309 g/mol. The van der Waals surface area contributed by atoms with Crippen LogP contribution in [0.5, 0.6) is 0 Å². The number of nitrogens with zero attached hydrogens (tertiary/aromatic N) is 2. The first-order valence-corrected chi connectivity index (χ1v) is 8.28. The summed E-state index contributed by atoms with van der Waals surface area (Å²) >= 11 is 0. The lowest BCUT2D eigenvalue weighted by Gasteiger charge is -2.12. The van der Waals surface area contributed by atoms with Crippen molar-refractivity contribution in [2.75, 3.05) is 18.4 Å². The number of sulfonamides is 1. The molecule has 2 aromatic rings. The van der Waals surface area contributed by atoms with Crippen molar-refractivity contribution in [2.24, 2.45) is 0 Å². The molecule has 8 heteroatoms. The van der Waals surface area contributed by atoms with Crippen LogP contribution in [0.3, 0.4) is 0 Å². The Balaban J connectivity index is 2.04. The van der Waals surface area contributed by atoms with Gasteiger partial charge in [-0.2, -0.15) is 5.10 Å². The number of anilines is 1. The number of aromatic nitrogens is 3. The van der Waals surface area contributed by atoms with Gasteiger partial charge in [0.25, 0.3) is 0 Å². The molecule has 0 aliphatic heterocycles. The van der Waals surface area contributed by atoms with Gasteiger partial charge in [0.1, 0.15) is 17.0 Å². The topological polar surface area (TPSA) is 99.8 Å². The summed E-state index contributed by atoms with van der Waals surface area (Å²) in [5.74, 6) is 0.648. The van der Waals surface area contributed by atoms with Crippen LogP contribution in [-0.4, -0.2) is 36.7 Å². The SMILES string of the molecule is CCCNc1ccccc1S(=O)(=O)NCCc1ncn[nH]1. The van der Waals surface area contributed by atoms with Crippen molar-refractivity contribution < 1.29 is 8.42 Å². The molecule has 3 N–H and O–H groups in total. The fourth-order valence-corrected chi connectivity index (χ4v) is 3.05. The largest absolute Gasteiger partial charge is 0.384 e. The van der Waals surface area contributed by atoms with Crippen LogP contribution >= 0.6 is 0 Å². The summed E-state index contributed by atoms with van der Waals surface area (Å²) in [6.45, 7) is 3.02. The van der Waals surface area contributed by atoms with E-state index in [1.807, 2.05) is 13.0 Å². The van der Waals surface area contributed by atoms with Crippen LogP contribution in [0, 0.1) is 0 Å². The van der Waals surface area contributed by atoms with Crippen molar-refractivity contribution in [1.82, 2.24) is 19.9 Å². The van der Waals surface area contributed by atoms with Gasteiger partial charge in [0, 0.05) is 19.5 Å². The first kappa shape index (κ1) is 15.5. The van der Waals surface area contributed by atoms with Crippen LogP contribution in [0.4, 0.5) is 5.69 Å². The second-order valence-electron chi connectivity index (χ2n) is 4.50. The van der Waals surface area contributed by atoms with E-state index in [1.54, 1.807) is 18.2 Å². The summed E-state index contributed by atoms with van der Waals surface area (Å²) in [5, 5.41) is 9.54. The van der Waals surface area contributed by atoms with Gasteiger partial charge < -0.3 is 5.32 Å². The van der Waals surface area contributed by atoms with Crippen LogP contribution in [0.2, 0.25) is 0 Å². The fourth-order valence-electron chi connectivity index (χ4n) is 1.84. The molecule has 0 unspecified atom stereocenters. The Kier molecular flexibility index (Phi) is 5.29. The van der Waals surface area contributed by atoms with Crippen molar-refractivity contribution in [3.8, 4) is 0 Å². The Labute approximate surface area is 124 Å². The van der Waals surface area contributed by atoms with E-state index in [4.69, 9.17) is 0 Å². The zero-order valence-electron chi connectivity index (χ0n) is 11.8. The number of nitrogens with one attached hydrogen (secondary N) is 3.